The normalized spacial score (nSPS) is 21.6. The number of hydrogen-bond donors (Lipinski definition) is 0. The fourth-order valence-electron chi connectivity index (χ4n) is 7.65. The molecule has 2 atom stereocenters. The van der Waals surface area contributed by atoms with Crippen LogP contribution in [0.15, 0.2) is 48.6 Å². The van der Waals surface area contributed by atoms with Crippen molar-refractivity contribution in [3.8, 4) is 0 Å². The molecule has 0 aromatic rings. The van der Waals surface area contributed by atoms with Crippen molar-refractivity contribution in [2.75, 3.05) is 6.61 Å². The summed E-state index contributed by atoms with van der Waals surface area (Å²) in [5.41, 5.74) is 0.00147. The summed E-state index contributed by atoms with van der Waals surface area (Å²) >= 11 is 0. The molecule has 48 heavy (non-hydrogen) atoms. The van der Waals surface area contributed by atoms with E-state index < -0.39 is 0 Å². The molecule has 1 spiro atoms. The second-order valence-electron chi connectivity index (χ2n) is 15.7. The molecule has 0 radical (unpaired) electrons. The molecule has 278 valence electrons. The minimum absolute atomic E-state index is 0.00147. The first-order valence-electron chi connectivity index (χ1n) is 21.6. The monoisotopic (exact) mass is 667 g/mol. The number of ether oxygens (including phenoxy) is 2. The molecule has 1 saturated carbocycles. The molecule has 1 saturated heterocycles. The predicted molar refractivity (Wildman–Crippen MR) is 213 cm³/mol. The molecule has 2 aliphatic rings. The summed E-state index contributed by atoms with van der Waals surface area (Å²) < 4.78 is 13.8. The molecule has 1 aliphatic heterocycles. The molecule has 2 rings (SSSR count). The molecule has 0 amide bonds. The second kappa shape index (κ2) is 29.6. The minimum Gasteiger partial charge on any atom is -0.347 e. The summed E-state index contributed by atoms with van der Waals surface area (Å²) in [7, 11) is 0. The largest absolute Gasteiger partial charge is 0.347 e. The van der Waals surface area contributed by atoms with Crippen LogP contribution >= 0.6 is 0 Å². The smallest absolute Gasteiger partial charge is 0.169 e. The lowest BCUT2D eigenvalue weighted by molar-refractivity contribution is -0.200. The second-order valence-corrected chi connectivity index (χ2v) is 15.7. The van der Waals surface area contributed by atoms with E-state index in [9.17, 15) is 0 Å². The van der Waals surface area contributed by atoms with E-state index in [2.05, 4.69) is 69.4 Å². The Kier molecular flexibility index (Phi) is 26.5. The van der Waals surface area contributed by atoms with Gasteiger partial charge in [-0.25, -0.2) is 0 Å². The number of unbranched alkanes of at least 4 members (excludes halogenated alkanes) is 18. The van der Waals surface area contributed by atoms with E-state index >= 15 is 0 Å². The van der Waals surface area contributed by atoms with Crippen molar-refractivity contribution in [3.05, 3.63) is 48.6 Å². The maximum atomic E-state index is 7.11. The molecular weight excluding hydrogens is 585 g/mol. The molecular formula is C46H82O2. The van der Waals surface area contributed by atoms with Gasteiger partial charge in [0, 0.05) is 12.8 Å². The van der Waals surface area contributed by atoms with Crippen LogP contribution in [0, 0.1) is 5.92 Å². The van der Waals surface area contributed by atoms with E-state index in [-0.39, 0.29) is 11.4 Å². The first-order chi connectivity index (χ1) is 23.6. The molecule has 0 bridgehead atoms. The summed E-state index contributed by atoms with van der Waals surface area (Å²) in [5.74, 6) is 0.529. The molecule has 0 aromatic carbocycles. The Labute approximate surface area is 301 Å². The summed E-state index contributed by atoms with van der Waals surface area (Å²) in [6, 6.07) is 0. The van der Waals surface area contributed by atoms with Gasteiger partial charge in [-0.05, 0) is 102 Å². The summed E-state index contributed by atoms with van der Waals surface area (Å²) in [5, 5.41) is 0. The average molecular weight is 667 g/mol. The lowest BCUT2D eigenvalue weighted by Gasteiger charge is -2.33. The van der Waals surface area contributed by atoms with Gasteiger partial charge in [-0.3, -0.25) is 0 Å². The summed E-state index contributed by atoms with van der Waals surface area (Å²) in [6.45, 7) is 7.81. The van der Waals surface area contributed by atoms with Gasteiger partial charge >= 0.3 is 0 Å². The van der Waals surface area contributed by atoms with Crippen molar-refractivity contribution in [1.82, 2.24) is 0 Å². The summed E-state index contributed by atoms with van der Waals surface area (Å²) in [4.78, 5) is 0. The van der Waals surface area contributed by atoms with Gasteiger partial charge in [0.1, 0.15) is 0 Å². The minimum atomic E-state index is -0.307. The van der Waals surface area contributed by atoms with E-state index in [1.54, 1.807) is 0 Å². The van der Waals surface area contributed by atoms with Crippen molar-refractivity contribution >= 4 is 0 Å². The van der Waals surface area contributed by atoms with Crippen molar-refractivity contribution < 1.29 is 9.47 Å². The van der Waals surface area contributed by atoms with Crippen molar-refractivity contribution in [2.24, 2.45) is 5.92 Å². The fourth-order valence-corrected chi connectivity index (χ4v) is 7.65. The number of hydrogen-bond acceptors (Lipinski definition) is 2. The van der Waals surface area contributed by atoms with Crippen molar-refractivity contribution in [2.45, 2.75) is 231 Å². The highest BCUT2D eigenvalue weighted by molar-refractivity contribution is 4.95. The Morgan fingerprint density at radius 3 is 1.42 bits per heavy atom. The quantitative estimate of drug-likeness (QED) is 0.0561. The lowest BCUT2D eigenvalue weighted by Crippen LogP contribution is -2.37. The first-order valence-corrected chi connectivity index (χ1v) is 21.6. The van der Waals surface area contributed by atoms with Crippen molar-refractivity contribution in [1.29, 1.82) is 0 Å². The van der Waals surface area contributed by atoms with Crippen LogP contribution < -0.4 is 0 Å². The highest BCUT2D eigenvalue weighted by Crippen LogP contribution is 2.45. The van der Waals surface area contributed by atoms with Crippen LogP contribution in [0.1, 0.15) is 220 Å². The number of allylic oxidation sites excluding steroid dienone is 8. The van der Waals surface area contributed by atoms with E-state index in [1.807, 2.05) is 0 Å². The molecule has 1 heterocycles. The van der Waals surface area contributed by atoms with Gasteiger partial charge in [0.2, 0.25) is 0 Å². The lowest BCUT2D eigenvalue weighted by atomic mass is 9.94. The van der Waals surface area contributed by atoms with Gasteiger partial charge in [-0.1, -0.05) is 159 Å². The topological polar surface area (TPSA) is 18.5 Å². The maximum Gasteiger partial charge on any atom is 0.169 e. The zero-order chi connectivity index (χ0) is 34.3. The van der Waals surface area contributed by atoms with Crippen LogP contribution in [-0.2, 0) is 9.47 Å². The highest BCUT2D eigenvalue weighted by atomic mass is 16.8. The molecule has 2 nitrogen and oxygen atoms in total. The Bertz CT molecular complexity index is 789. The van der Waals surface area contributed by atoms with Gasteiger partial charge in [0.05, 0.1) is 12.2 Å². The van der Waals surface area contributed by atoms with Gasteiger partial charge in [0.15, 0.2) is 5.79 Å². The zero-order valence-corrected chi connectivity index (χ0v) is 32.6. The number of rotatable bonds is 30. The predicted octanol–water partition coefficient (Wildman–Crippen LogP) is 15.5. The molecule has 0 aromatic heterocycles. The van der Waals surface area contributed by atoms with Crippen LogP contribution in [-0.4, -0.2) is 18.0 Å². The molecule has 2 fully saturated rings. The van der Waals surface area contributed by atoms with E-state index in [0.29, 0.717) is 0 Å². The Hall–Kier alpha value is -1.12. The van der Waals surface area contributed by atoms with Gasteiger partial charge in [0.25, 0.3) is 0 Å². The van der Waals surface area contributed by atoms with Crippen LogP contribution in [0.2, 0.25) is 0 Å². The van der Waals surface area contributed by atoms with Crippen LogP contribution in [0.5, 0.6) is 0 Å². The molecule has 1 aliphatic carbocycles. The molecule has 2 heteroatoms. The van der Waals surface area contributed by atoms with E-state index in [4.69, 9.17) is 9.47 Å². The molecule has 2 unspecified atom stereocenters. The van der Waals surface area contributed by atoms with Crippen LogP contribution in [0.4, 0.5) is 0 Å². The van der Waals surface area contributed by atoms with Crippen LogP contribution in [0.3, 0.4) is 0 Å². The Morgan fingerprint density at radius 1 is 0.500 bits per heavy atom. The van der Waals surface area contributed by atoms with Crippen LogP contribution in [0.25, 0.3) is 0 Å². The van der Waals surface area contributed by atoms with Gasteiger partial charge < -0.3 is 9.47 Å². The third-order valence-corrected chi connectivity index (χ3v) is 10.9. The average Bonchev–Trinajstić information content (AvgIpc) is 3.34. The van der Waals surface area contributed by atoms with Gasteiger partial charge in [-0.15, -0.1) is 0 Å². The Morgan fingerprint density at radius 2 is 0.938 bits per heavy atom. The summed E-state index contributed by atoms with van der Waals surface area (Å²) in [6.07, 6.45) is 58.7. The highest BCUT2D eigenvalue weighted by Gasteiger charge is 2.49. The maximum absolute atomic E-state index is 7.11. The van der Waals surface area contributed by atoms with E-state index in [1.165, 1.54) is 173 Å². The fraction of sp³-hybridized carbons (Fsp3) is 0.826. The van der Waals surface area contributed by atoms with Crippen molar-refractivity contribution in [3.63, 3.8) is 0 Å². The Balaban J connectivity index is 1.59. The van der Waals surface area contributed by atoms with Gasteiger partial charge in [-0.2, -0.15) is 0 Å². The zero-order valence-electron chi connectivity index (χ0n) is 32.6. The van der Waals surface area contributed by atoms with E-state index in [0.717, 1.165) is 38.2 Å². The molecule has 0 N–H and O–H groups in total. The first kappa shape index (κ1) is 43.0. The SMILES string of the molecule is CCCCC/C=C\C/C=C\CCCCCCCCC1(CCCCCCCC/C=C\C/C=C\CCCCC)OCC2(CCCC(C)CC2)O1. The third kappa shape index (κ3) is 21.9. The third-order valence-electron chi connectivity index (χ3n) is 10.9. The standard InChI is InChI=1S/C46H82O2/c1-4-6-8-10-12-14-16-18-20-22-24-26-28-30-32-34-40-46(47-43-45(48-46)39-36-37-44(3)38-42-45)41-35-33-31-29-27-25-23-21-19-17-15-13-11-9-7-5-2/h12-15,18-21,44H,4-11,16-17,22-43H2,1-3H3/b14-12-,15-13-,20-18-,21-19-.